The van der Waals surface area contributed by atoms with Crippen LogP contribution in [0.15, 0.2) is 78.9 Å². The molecule has 0 saturated carbocycles. The van der Waals surface area contributed by atoms with Gasteiger partial charge in [0.15, 0.2) is 17.6 Å². The Labute approximate surface area is 181 Å². The van der Waals surface area contributed by atoms with E-state index < -0.39 is 12.0 Å². The molecule has 2 atom stereocenters. The fourth-order valence-corrected chi connectivity index (χ4v) is 3.24. The van der Waals surface area contributed by atoms with Crippen LogP contribution in [0, 0.1) is 0 Å². The number of ether oxygens (including phenoxy) is 2. The largest absolute Gasteiger partial charge is 0.489 e. The van der Waals surface area contributed by atoms with Gasteiger partial charge in [-0.15, -0.1) is 0 Å². The van der Waals surface area contributed by atoms with Crippen molar-refractivity contribution in [2.75, 3.05) is 6.61 Å². The fourth-order valence-electron chi connectivity index (χ4n) is 3.24. The number of benzene rings is 3. The summed E-state index contributed by atoms with van der Waals surface area (Å²) in [6.07, 6.45) is -1.24. The van der Waals surface area contributed by atoms with E-state index in [0.717, 1.165) is 5.56 Å². The van der Waals surface area contributed by atoms with Gasteiger partial charge in [-0.05, 0) is 29.3 Å². The molecule has 0 aliphatic rings. The van der Waals surface area contributed by atoms with E-state index in [1.807, 2.05) is 37.3 Å². The van der Waals surface area contributed by atoms with E-state index in [9.17, 15) is 13.6 Å². The predicted octanol–water partition coefficient (Wildman–Crippen LogP) is 6.85. The molecule has 1 unspecified atom stereocenters. The van der Waals surface area contributed by atoms with Crippen molar-refractivity contribution in [3.05, 3.63) is 95.6 Å². The number of rotatable bonds is 10. The van der Waals surface area contributed by atoms with Crippen molar-refractivity contribution >= 4 is 6.29 Å². The molecule has 3 aromatic rings. The molecule has 0 N–H and O–H groups in total. The van der Waals surface area contributed by atoms with Gasteiger partial charge in [0.25, 0.3) is 5.92 Å². The zero-order valence-corrected chi connectivity index (χ0v) is 17.6. The summed E-state index contributed by atoms with van der Waals surface area (Å²) in [6, 6.07) is 22.8. The van der Waals surface area contributed by atoms with Crippen molar-refractivity contribution in [2.24, 2.45) is 0 Å². The Bertz CT molecular complexity index is 974. The Hall–Kier alpha value is -3.21. The Kier molecular flexibility index (Phi) is 7.40. The summed E-state index contributed by atoms with van der Waals surface area (Å²) in [5.41, 5.74) is 1.79. The number of alkyl halides is 2. The maximum Gasteiger partial charge on any atom is 0.288 e. The average molecular weight is 424 g/mol. The molecule has 0 aliphatic heterocycles. The molecule has 3 rings (SSSR count). The highest BCUT2D eigenvalue weighted by Gasteiger charge is 2.41. The third kappa shape index (κ3) is 5.69. The van der Waals surface area contributed by atoms with Crippen molar-refractivity contribution in [3.8, 4) is 11.5 Å². The SMILES string of the molecule is CCC(F)(F)[C@@H](Oc1cc(C=O)ccc1OCC(C)c1ccccc1)c1ccccc1. The lowest BCUT2D eigenvalue weighted by atomic mass is 10.0. The van der Waals surface area contributed by atoms with E-state index in [1.165, 1.54) is 13.0 Å². The molecule has 0 aliphatic carbocycles. The Morgan fingerprint density at radius 3 is 2.10 bits per heavy atom. The average Bonchev–Trinajstić information content (AvgIpc) is 2.82. The molecule has 5 heteroatoms. The minimum atomic E-state index is -3.10. The molecule has 0 saturated heterocycles. The number of aldehydes is 1. The van der Waals surface area contributed by atoms with Gasteiger partial charge in [-0.3, -0.25) is 4.79 Å². The first-order chi connectivity index (χ1) is 14.9. The first-order valence-electron chi connectivity index (χ1n) is 10.3. The molecular weight excluding hydrogens is 398 g/mol. The summed E-state index contributed by atoms with van der Waals surface area (Å²) in [7, 11) is 0. The lowest BCUT2D eigenvalue weighted by Gasteiger charge is -2.28. The molecule has 3 aromatic carbocycles. The zero-order valence-electron chi connectivity index (χ0n) is 17.6. The highest BCUT2D eigenvalue weighted by Crippen LogP contribution is 2.41. The molecule has 0 amide bonds. The van der Waals surface area contributed by atoms with Crippen LogP contribution < -0.4 is 9.47 Å². The van der Waals surface area contributed by atoms with Crippen LogP contribution in [-0.4, -0.2) is 18.8 Å². The summed E-state index contributed by atoms with van der Waals surface area (Å²) < 4.78 is 41.4. The van der Waals surface area contributed by atoms with Crippen molar-refractivity contribution < 1.29 is 23.0 Å². The van der Waals surface area contributed by atoms with Crippen LogP contribution >= 0.6 is 0 Å². The van der Waals surface area contributed by atoms with Crippen LogP contribution in [0.5, 0.6) is 11.5 Å². The monoisotopic (exact) mass is 424 g/mol. The smallest absolute Gasteiger partial charge is 0.288 e. The van der Waals surface area contributed by atoms with E-state index >= 15 is 0 Å². The van der Waals surface area contributed by atoms with Gasteiger partial charge in [0.2, 0.25) is 0 Å². The van der Waals surface area contributed by atoms with E-state index in [1.54, 1.807) is 42.5 Å². The molecule has 0 spiro atoms. The Morgan fingerprint density at radius 1 is 0.903 bits per heavy atom. The maximum absolute atomic E-state index is 14.8. The van der Waals surface area contributed by atoms with Crippen LogP contribution in [-0.2, 0) is 0 Å². The van der Waals surface area contributed by atoms with Crippen LogP contribution in [0.2, 0.25) is 0 Å². The van der Waals surface area contributed by atoms with Crippen molar-refractivity contribution in [1.82, 2.24) is 0 Å². The van der Waals surface area contributed by atoms with Crippen molar-refractivity contribution in [3.63, 3.8) is 0 Å². The highest BCUT2D eigenvalue weighted by atomic mass is 19.3. The zero-order chi connectivity index (χ0) is 22.3. The third-order valence-electron chi connectivity index (χ3n) is 5.16. The van der Waals surface area contributed by atoms with Crippen LogP contribution in [0.4, 0.5) is 8.78 Å². The second-order valence-electron chi connectivity index (χ2n) is 7.47. The lowest BCUT2D eigenvalue weighted by Crippen LogP contribution is -2.30. The molecular formula is C26H26F2O3. The van der Waals surface area contributed by atoms with Crippen molar-refractivity contribution in [2.45, 2.75) is 38.2 Å². The third-order valence-corrected chi connectivity index (χ3v) is 5.16. The molecule has 0 heterocycles. The molecule has 162 valence electrons. The fraction of sp³-hybridized carbons (Fsp3) is 0.269. The van der Waals surface area contributed by atoms with Gasteiger partial charge >= 0.3 is 0 Å². The van der Waals surface area contributed by atoms with Crippen LogP contribution in [0.1, 0.15) is 53.8 Å². The van der Waals surface area contributed by atoms with E-state index in [0.29, 0.717) is 29.8 Å². The summed E-state index contributed by atoms with van der Waals surface area (Å²) in [4.78, 5) is 11.3. The Balaban J connectivity index is 1.88. The minimum Gasteiger partial charge on any atom is -0.489 e. The molecule has 3 nitrogen and oxygen atoms in total. The number of carbonyl (C=O) groups excluding carboxylic acids is 1. The maximum atomic E-state index is 14.8. The second-order valence-corrected chi connectivity index (χ2v) is 7.47. The number of hydrogen-bond acceptors (Lipinski definition) is 3. The minimum absolute atomic E-state index is 0.0850. The summed E-state index contributed by atoms with van der Waals surface area (Å²) >= 11 is 0. The van der Waals surface area contributed by atoms with Crippen LogP contribution in [0.3, 0.4) is 0 Å². The van der Waals surface area contributed by atoms with Gasteiger partial charge in [0.1, 0.15) is 6.29 Å². The van der Waals surface area contributed by atoms with Gasteiger partial charge in [-0.1, -0.05) is 74.5 Å². The first-order valence-corrected chi connectivity index (χ1v) is 10.3. The number of carbonyl (C=O) groups is 1. The van der Waals surface area contributed by atoms with Gasteiger partial charge in [0.05, 0.1) is 6.61 Å². The summed E-state index contributed by atoms with van der Waals surface area (Å²) in [5.74, 6) is -2.58. The quantitative estimate of drug-likeness (QED) is 0.334. The molecule has 31 heavy (non-hydrogen) atoms. The summed E-state index contributed by atoms with van der Waals surface area (Å²) in [6.45, 7) is 3.77. The van der Waals surface area contributed by atoms with Gasteiger partial charge < -0.3 is 9.47 Å². The molecule has 0 aromatic heterocycles. The standard InChI is InChI=1S/C26H26F2O3/c1-3-26(27,28)25(22-12-8-5-9-13-22)31-24-16-20(17-29)14-15-23(24)30-18-19(2)21-10-6-4-7-11-21/h4-17,19,25H,3,18H2,1-2H3/t19?,25-/m0/s1. The van der Waals surface area contributed by atoms with Gasteiger partial charge in [-0.25, -0.2) is 8.78 Å². The Morgan fingerprint density at radius 2 is 1.52 bits per heavy atom. The van der Waals surface area contributed by atoms with Crippen LogP contribution in [0.25, 0.3) is 0 Å². The summed E-state index contributed by atoms with van der Waals surface area (Å²) in [5, 5.41) is 0. The van der Waals surface area contributed by atoms with Crippen molar-refractivity contribution in [1.29, 1.82) is 0 Å². The van der Waals surface area contributed by atoms with E-state index in [-0.39, 0.29) is 18.1 Å². The topological polar surface area (TPSA) is 35.5 Å². The van der Waals surface area contributed by atoms with Gasteiger partial charge in [-0.2, -0.15) is 0 Å². The lowest BCUT2D eigenvalue weighted by molar-refractivity contribution is -0.101. The predicted molar refractivity (Wildman–Crippen MR) is 117 cm³/mol. The normalized spacial score (nSPS) is 13.3. The molecule has 0 bridgehead atoms. The van der Waals surface area contributed by atoms with E-state index in [4.69, 9.17) is 9.47 Å². The molecule has 0 fully saturated rings. The number of halogens is 2. The first kappa shape index (κ1) is 22.5. The molecule has 0 radical (unpaired) electrons. The van der Waals surface area contributed by atoms with E-state index in [2.05, 4.69) is 0 Å². The second kappa shape index (κ2) is 10.2. The van der Waals surface area contributed by atoms with Gasteiger partial charge in [0, 0.05) is 17.9 Å². The highest BCUT2D eigenvalue weighted by molar-refractivity contribution is 5.76. The number of hydrogen-bond donors (Lipinski definition) is 0.